The minimum atomic E-state index is -0.865. The Labute approximate surface area is 210 Å². The normalized spacial score (nSPS) is 15.1. The number of nitrogens with zero attached hydrogens (tertiary/aromatic N) is 4. The molecule has 1 N–H and O–H groups in total. The highest BCUT2D eigenvalue weighted by Gasteiger charge is 2.37. The Hall–Kier alpha value is -4.15. The number of aromatic nitrogens is 2. The Morgan fingerprint density at radius 2 is 1.81 bits per heavy atom. The van der Waals surface area contributed by atoms with E-state index < -0.39 is 6.09 Å². The highest BCUT2D eigenvalue weighted by Crippen LogP contribution is 2.37. The van der Waals surface area contributed by atoms with Gasteiger partial charge in [-0.25, -0.2) is 4.79 Å². The molecule has 0 bridgehead atoms. The number of hydrogen-bond acceptors (Lipinski definition) is 4. The Bertz CT molecular complexity index is 1410. The predicted octanol–water partition coefficient (Wildman–Crippen LogP) is 5.34. The van der Waals surface area contributed by atoms with Crippen molar-refractivity contribution in [3.63, 3.8) is 0 Å². The van der Waals surface area contributed by atoms with Gasteiger partial charge in [0.05, 0.1) is 36.6 Å². The summed E-state index contributed by atoms with van der Waals surface area (Å²) in [5.41, 5.74) is 5.73. The molecule has 0 spiro atoms. The summed E-state index contributed by atoms with van der Waals surface area (Å²) in [6.07, 6.45) is 2.43. The lowest BCUT2D eigenvalue weighted by Crippen LogP contribution is -2.47. The SMILES string of the molecule is Cn1ncc2cc(-c3ccc(C#N)cc3)cc(COCC3(c4ccccc4)CCN(C(=O)O)CC3)c21. The first-order chi connectivity index (χ1) is 17.5. The molecule has 1 amide bonds. The maximum Gasteiger partial charge on any atom is 0.407 e. The van der Waals surface area contributed by atoms with Crippen LogP contribution in [-0.4, -0.2) is 45.6 Å². The lowest BCUT2D eigenvalue weighted by atomic mass is 9.73. The molecule has 2 heterocycles. The fourth-order valence-electron chi connectivity index (χ4n) is 5.22. The van der Waals surface area contributed by atoms with Gasteiger partial charge in [0.15, 0.2) is 0 Å². The van der Waals surface area contributed by atoms with Gasteiger partial charge < -0.3 is 14.7 Å². The van der Waals surface area contributed by atoms with Crippen LogP contribution >= 0.6 is 0 Å². The second-order valence-corrected chi connectivity index (χ2v) is 9.44. The Balaban J connectivity index is 1.41. The third-order valence-corrected chi connectivity index (χ3v) is 7.27. The summed E-state index contributed by atoms with van der Waals surface area (Å²) in [4.78, 5) is 13.0. The van der Waals surface area contributed by atoms with Crippen molar-refractivity contribution in [3.8, 4) is 17.2 Å². The van der Waals surface area contributed by atoms with Crippen LogP contribution in [0.3, 0.4) is 0 Å². The van der Waals surface area contributed by atoms with Crippen molar-refractivity contribution in [3.05, 3.63) is 89.6 Å². The minimum Gasteiger partial charge on any atom is -0.465 e. The highest BCUT2D eigenvalue weighted by atomic mass is 16.5. The van der Waals surface area contributed by atoms with E-state index in [0.29, 0.717) is 31.9 Å². The zero-order valence-electron chi connectivity index (χ0n) is 20.2. The molecule has 36 heavy (non-hydrogen) atoms. The lowest BCUT2D eigenvalue weighted by molar-refractivity contribution is 0.0372. The van der Waals surface area contributed by atoms with Gasteiger partial charge in [0, 0.05) is 36.5 Å². The molecular weight excluding hydrogens is 452 g/mol. The standard InChI is InChI=1S/C29H28N4O3/c1-32-27-24(18-31-32)15-23(22-9-7-21(17-30)8-10-22)16-25(27)19-36-20-29(26-5-3-2-4-6-26)11-13-33(14-12-29)28(34)35/h2-10,15-16,18H,11-14,19-20H2,1H3,(H,34,35). The third-order valence-electron chi connectivity index (χ3n) is 7.27. The third kappa shape index (κ3) is 4.56. The number of fused-ring (bicyclic) bond motifs is 1. The van der Waals surface area contributed by atoms with Crippen molar-refractivity contribution < 1.29 is 14.6 Å². The van der Waals surface area contributed by atoms with Crippen LogP contribution in [0.1, 0.15) is 29.5 Å². The highest BCUT2D eigenvalue weighted by molar-refractivity contribution is 5.87. The molecule has 0 aliphatic carbocycles. The van der Waals surface area contributed by atoms with Crippen LogP contribution in [0.15, 0.2) is 72.9 Å². The molecule has 0 saturated carbocycles. The summed E-state index contributed by atoms with van der Waals surface area (Å²) >= 11 is 0. The number of amides is 1. The monoisotopic (exact) mass is 480 g/mol. The fraction of sp³-hybridized carbons (Fsp3) is 0.276. The predicted molar refractivity (Wildman–Crippen MR) is 137 cm³/mol. The van der Waals surface area contributed by atoms with E-state index in [-0.39, 0.29) is 5.41 Å². The molecule has 1 aliphatic rings. The first-order valence-corrected chi connectivity index (χ1v) is 12.1. The van der Waals surface area contributed by atoms with Crippen molar-refractivity contribution >= 4 is 17.0 Å². The van der Waals surface area contributed by atoms with E-state index in [0.717, 1.165) is 40.4 Å². The minimum absolute atomic E-state index is 0.233. The van der Waals surface area contributed by atoms with Crippen LogP contribution in [0.2, 0.25) is 0 Å². The van der Waals surface area contributed by atoms with Gasteiger partial charge in [0.25, 0.3) is 0 Å². The van der Waals surface area contributed by atoms with Gasteiger partial charge in [-0.1, -0.05) is 42.5 Å². The number of hydrogen-bond donors (Lipinski definition) is 1. The molecule has 0 atom stereocenters. The van der Waals surface area contributed by atoms with Crippen LogP contribution in [0.5, 0.6) is 0 Å². The number of carboxylic acid groups (broad SMARTS) is 1. The first-order valence-electron chi connectivity index (χ1n) is 12.1. The molecule has 1 fully saturated rings. The van der Waals surface area contributed by atoms with Crippen molar-refractivity contribution in [2.45, 2.75) is 24.9 Å². The molecule has 182 valence electrons. The molecular formula is C29H28N4O3. The number of piperidine rings is 1. The smallest absolute Gasteiger partial charge is 0.407 e. The van der Waals surface area contributed by atoms with E-state index in [1.807, 2.05) is 60.4 Å². The van der Waals surface area contributed by atoms with Gasteiger partial charge in [0.2, 0.25) is 0 Å². The van der Waals surface area contributed by atoms with Gasteiger partial charge in [-0.05, 0) is 53.8 Å². The average Bonchev–Trinajstić information content (AvgIpc) is 3.30. The van der Waals surface area contributed by atoms with Gasteiger partial charge in [0.1, 0.15) is 0 Å². The van der Waals surface area contributed by atoms with Crippen molar-refractivity contribution in [2.75, 3.05) is 19.7 Å². The van der Waals surface area contributed by atoms with Crippen LogP contribution in [-0.2, 0) is 23.8 Å². The summed E-state index contributed by atoms with van der Waals surface area (Å²) < 4.78 is 8.29. The van der Waals surface area contributed by atoms with Gasteiger partial charge in [-0.2, -0.15) is 10.4 Å². The Morgan fingerprint density at radius 1 is 1.08 bits per heavy atom. The number of ether oxygens (including phenoxy) is 1. The van der Waals surface area contributed by atoms with E-state index in [2.05, 4.69) is 35.4 Å². The average molecular weight is 481 g/mol. The molecule has 5 rings (SSSR count). The molecule has 0 unspecified atom stereocenters. The van der Waals surface area contributed by atoms with Gasteiger partial charge >= 0.3 is 6.09 Å². The van der Waals surface area contributed by atoms with Crippen molar-refractivity contribution in [1.29, 1.82) is 5.26 Å². The maximum absolute atomic E-state index is 11.5. The number of likely N-dealkylation sites (tertiary alicyclic amines) is 1. The first kappa shape index (κ1) is 23.6. The Kier molecular flexibility index (Phi) is 6.45. The lowest BCUT2D eigenvalue weighted by Gasteiger charge is -2.41. The topological polar surface area (TPSA) is 91.4 Å². The van der Waals surface area contributed by atoms with Gasteiger partial charge in [-0.15, -0.1) is 0 Å². The van der Waals surface area contributed by atoms with E-state index in [1.54, 1.807) is 0 Å². The van der Waals surface area contributed by atoms with E-state index in [4.69, 9.17) is 10.00 Å². The largest absolute Gasteiger partial charge is 0.465 e. The second kappa shape index (κ2) is 9.84. The fourth-order valence-corrected chi connectivity index (χ4v) is 5.22. The number of benzene rings is 3. The molecule has 1 aromatic heterocycles. The molecule has 7 nitrogen and oxygen atoms in total. The zero-order chi connectivity index (χ0) is 25.1. The second-order valence-electron chi connectivity index (χ2n) is 9.44. The summed E-state index contributed by atoms with van der Waals surface area (Å²) in [5, 5.41) is 24.0. The van der Waals surface area contributed by atoms with Crippen LogP contribution in [0.4, 0.5) is 4.79 Å². The molecule has 0 radical (unpaired) electrons. The van der Waals surface area contributed by atoms with E-state index in [9.17, 15) is 9.90 Å². The number of aryl methyl sites for hydroxylation is 1. The molecule has 3 aromatic carbocycles. The van der Waals surface area contributed by atoms with Gasteiger partial charge in [-0.3, -0.25) is 4.68 Å². The molecule has 4 aromatic rings. The maximum atomic E-state index is 11.5. The number of carbonyl (C=O) groups is 1. The number of nitriles is 1. The molecule has 7 heteroatoms. The van der Waals surface area contributed by atoms with E-state index >= 15 is 0 Å². The van der Waals surface area contributed by atoms with Crippen LogP contribution < -0.4 is 0 Å². The zero-order valence-corrected chi connectivity index (χ0v) is 20.2. The summed E-state index contributed by atoms with van der Waals surface area (Å²) in [7, 11) is 1.93. The molecule has 1 aliphatic heterocycles. The van der Waals surface area contributed by atoms with Crippen LogP contribution in [0.25, 0.3) is 22.0 Å². The molecule has 1 saturated heterocycles. The summed E-state index contributed by atoms with van der Waals surface area (Å²) in [6.45, 7) is 1.91. The summed E-state index contributed by atoms with van der Waals surface area (Å²) in [6, 6.07) is 24.3. The van der Waals surface area contributed by atoms with E-state index in [1.165, 1.54) is 10.5 Å². The quantitative estimate of drug-likeness (QED) is 0.402. The number of rotatable bonds is 6. The summed E-state index contributed by atoms with van der Waals surface area (Å²) in [5.74, 6) is 0. The van der Waals surface area contributed by atoms with Crippen molar-refractivity contribution in [2.24, 2.45) is 7.05 Å². The Morgan fingerprint density at radius 3 is 2.47 bits per heavy atom. The van der Waals surface area contributed by atoms with Crippen molar-refractivity contribution in [1.82, 2.24) is 14.7 Å². The van der Waals surface area contributed by atoms with Crippen LogP contribution in [0, 0.1) is 11.3 Å².